The van der Waals surface area contributed by atoms with Gasteiger partial charge in [-0.1, -0.05) is 31.9 Å². The Bertz CT molecular complexity index is 772. The van der Waals surface area contributed by atoms with Crippen LogP contribution in [0.3, 0.4) is 0 Å². The number of halogens is 1. The van der Waals surface area contributed by atoms with Crippen LogP contribution in [-0.2, 0) is 15.1 Å². The van der Waals surface area contributed by atoms with Crippen molar-refractivity contribution in [2.75, 3.05) is 6.54 Å². The molecule has 3 unspecified atom stereocenters. The molecule has 2 fully saturated rings. The summed E-state index contributed by atoms with van der Waals surface area (Å²) in [6.45, 7) is 5.74. The van der Waals surface area contributed by atoms with E-state index in [1.165, 1.54) is 24.3 Å². The molecule has 2 saturated heterocycles. The highest BCUT2D eigenvalue weighted by molar-refractivity contribution is 6.09. The van der Waals surface area contributed by atoms with Gasteiger partial charge in [-0.05, 0) is 57.2 Å². The lowest BCUT2D eigenvalue weighted by molar-refractivity contribution is -0.143. The summed E-state index contributed by atoms with van der Waals surface area (Å²) in [4.78, 5) is 41.9. The number of imide groups is 1. The largest absolute Gasteiger partial charge is 0.336 e. The standard InChI is InChI=1S/C22H30FN3O3/c1-4-5-13-22(17-9-11-18(23)12-10-17)20(28)25(21(29)24-22)14-19(27)26-15(2)7-6-8-16(26)3/h9-12,15-16H,4-8,13-14H2,1-3H3,(H,24,29). The summed E-state index contributed by atoms with van der Waals surface area (Å²) >= 11 is 0. The zero-order chi connectivity index (χ0) is 21.2. The zero-order valence-electron chi connectivity index (χ0n) is 17.4. The summed E-state index contributed by atoms with van der Waals surface area (Å²) in [5.74, 6) is -1.05. The molecule has 0 aliphatic carbocycles. The average molecular weight is 403 g/mol. The van der Waals surface area contributed by atoms with E-state index < -0.39 is 23.3 Å². The van der Waals surface area contributed by atoms with Gasteiger partial charge in [-0.2, -0.15) is 0 Å². The fraction of sp³-hybridized carbons (Fsp3) is 0.591. The Hall–Kier alpha value is -2.44. The van der Waals surface area contributed by atoms with E-state index in [1.54, 1.807) is 4.90 Å². The van der Waals surface area contributed by atoms with Crippen LogP contribution < -0.4 is 5.32 Å². The molecule has 0 spiro atoms. The minimum Gasteiger partial charge on any atom is -0.336 e. The molecular formula is C22H30FN3O3. The number of carbonyl (C=O) groups excluding carboxylic acids is 3. The molecule has 2 aliphatic rings. The van der Waals surface area contributed by atoms with Crippen molar-refractivity contribution < 1.29 is 18.8 Å². The van der Waals surface area contributed by atoms with E-state index >= 15 is 0 Å². The van der Waals surface area contributed by atoms with Crippen LogP contribution in [0.15, 0.2) is 24.3 Å². The molecule has 6 nitrogen and oxygen atoms in total. The number of hydrogen-bond donors (Lipinski definition) is 1. The Morgan fingerprint density at radius 2 is 1.79 bits per heavy atom. The fourth-order valence-corrected chi connectivity index (χ4v) is 4.59. The van der Waals surface area contributed by atoms with E-state index in [9.17, 15) is 18.8 Å². The van der Waals surface area contributed by atoms with Crippen LogP contribution in [0.25, 0.3) is 0 Å². The van der Waals surface area contributed by atoms with Crippen LogP contribution in [0.5, 0.6) is 0 Å². The maximum atomic E-state index is 13.4. The number of likely N-dealkylation sites (tertiary alicyclic amines) is 1. The summed E-state index contributed by atoms with van der Waals surface area (Å²) in [5.41, 5.74) is -0.708. The molecule has 2 heterocycles. The lowest BCUT2D eigenvalue weighted by Crippen LogP contribution is -2.52. The number of nitrogens with one attached hydrogen (secondary N) is 1. The highest BCUT2D eigenvalue weighted by Gasteiger charge is 2.52. The normalized spacial score (nSPS) is 27.3. The number of rotatable bonds is 6. The van der Waals surface area contributed by atoms with Crippen LogP contribution in [0.2, 0.25) is 0 Å². The van der Waals surface area contributed by atoms with Crippen LogP contribution in [0, 0.1) is 5.82 Å². The second kappa shape index (κ2) is 8.51. The van der Waals surface area contributed by atoms with Crippen LogP contribution in [-0.4, -0.2) is 46.3 Å². The van der Waals surface area contributed by atoms with Crippen molar-refractivity contribution in [3.63, 3.8) is 0 Å². The Morgan fingerprint density at radius 3 is 2.38 bits per heavy atom. The van der Waals surface area contributed by atoms with Crippen LogP contribution in [0.1, 0.15) is 64.9 Å². The molecule has 0 saturated carbocycles. The number of urea groups is 1. The van der Waals surface area contributed by atoms with E-state index in [1.807, 2.05) is 20.8 Å². The molecule has 7 heteroatoms. The molecule has 2 aliphatic heterocycles. The summed E-state index contributed by atoms with van der Waals surface area (Å²) < 4.78 is 13.4. The van der Waals surface area contributed by atoms with Gasteiger partial charge in [0, 0.05) is 12.1 Å². The van der Waals surface area contributed by atoms with Crippen LogP contribution in [0.4, 0.5) is 9.18 Å². The van der Waals surface area contributed by atoms with Gasteiger partial charge in [-0.3, -0.25) is 14.5 Å². The molecule has 1 aromatic carbocycles. The summed E-state index contributed by atoms with van der Waals surface area (Å²) in [5, 5.41) is 2.81. The Kier molecular flexibility index (Phi) is 6.24. The molecule has 0 aromatic heterocycles. The van der Waals surface area contributed by atoms with E-state index in [0.29, 0.717) is 18.4 Å². The maximum Gasteiger partial charge on any atom is 0.325 e. The average Bonchev–Trinajstić information content (AvgIpc) is 2.92. The molecule has 29 heavy (non-hydrogen) atoms. The van der Waals surface area contributed by atoms with Gasteiger partial charge in [0.05, 0.1) is 0 Å². The topological polar surface area (TPSA) is 69.7 Å². The highest BCUT2D eigenvalue weighted by Crippen LogP contribution is 2.34. The number of benzene rings is 1. The smallest absolute Gasteiger partial charge is 0.325 e. The Labute approximate surface area is 171 Å². The van der Waals surface area contributed by atoms with Crippen molar-refractivity contribution in [1.82, 2.24) is 15.1 Å². The third kappa shape index (κ3) is 4.00. The predicted molar refractivity (Wildman–Crippen MR) is 107 cm³/mol. The number of nitrogens with zero attached hydrogens (tertiary/aromatic N) is 2. The molecule has 3 rings (SSSR count). The minimum absolute atomic E-state index is 0.0916. The number of hydrogen-bond acceptors (Lipinski definition) is 3. The van der Waals surface area contributed by atoms with Crippen molar-refractivity contribution >= 4 is 17.8 Å². The number of amides is 4. The number of carbonyl (C=O) groups is 3. The van der Waals surface area contributed by atoms with Crippen molar-refractivity contribution in [2.24, 2.45) is 0 Å². The first-order chi connectivity index (χ1) is 13.8. The molecule has 1 N–H and O–H groups in total. The summed E-state index contributed by atoms with van der Waals surface area (Å²) in [7, 11) is 0. The maximum absolute atomic E-state index is 13.4. The van der Waals surface area contributed by atoms with Gasteiger partial charge in [-0.25, -0.2) is 9.18 Å². The zero-order valence-corrected chi connectivity index (χ0v) is 17.4. The SMILES string of the molecule is CCCCC1(c2ccc(F)cc2)NC(=O)N(CC(=O)N2C(C)CCCC2C)C1=O. The molecule has 0 bridgehead atoms. The third-order valence-electron chi connectivity index (χ3n) is 6.19. The Balaban J connectivity index is 1.85. The monoisotopic (exact) mass is 403 g/mol. The first-order valence-corrected chi connectivity index (χ1v) is 10.5. The summed E-state index contributed by atoms with van der Waals surface area (Å²) in [6.07, 6.45) is 4.87. The van der Waals surface area contributed by atoms with E-state index in [2.05, 4.69) is 5.32 Å². The predicted octanol–water partition coefficient (Wildman–Crippen LogP) is 3.55. The molecular weight excluding hydrogens is 373 g/mol. The van der Waals surface area contributed by atoms with E-state index in [4.69, 9.17) is 0 Å². The first kappa shape index (κ1) is 21.3. The van der Waals surface area contributed by atoms with Crippen molar-refractivity contribution in [3.05, 3.63) is 35.6 Å². The summed E-state index contributed by atoms with van der Waals surface area (Å²) in [6, 6.07) is 5.25. The van der Waals surface area contributed by atoms with E-state index in [-0.39, 0.29) is 24.5 Å². The van der Waals surface area contributed by atoms with Crippen molar-refractivity contribution in [2.45, 2.75) is 76.9 Å². The minimum atomic E-state index is -1.25. The lowest BCUT2D eigenvalue weighted by atomic mass is 9.84. The van der Waals surface area contributed by atoms with Gasteiger partial charge >= 0.3 is 6.03 Å². The van der Waals surface area contributed by atoms with E-state index in [0.717, 1.165) is 30.6 Å². The van der Waals surface area contributed by atoms with Gasteiger partial charge < -0.3 is 10.2 Å². The van der Waals surface area contributed by atoms with Crippen molar-refractivity contribution in [1.29, 1.82) is 0 Å². The van der Waals surface area contributed by atoms with Crippen molar-refractivity contribution in [3.8, 4) is 0 Å². The fourth-order valence-electron chi connectivity index (χ4n) is 4.59. The van der Waals surface area contributed by atoms with Gasteiger partial charge in [0.1, 0.15) is 17.9 Å². The van der Waals surface area contributed by atoms with Gasteiger partial charge in [0.15, 0.2) is 0 Å². The number of unbranched alkanes of at least 4 members (excludes halogenated alkanes) is 1. The molecule has 0 radical (unpaired) electrons. The number of piperidine rings is 1. The van der Waals surface area contributed by atoms with Gasteiger partial charge in [0.2, 0.25) is 5.91 Å². The first-order valence-electron chi connectivity index (χ1n) is 10.5. The second-order valence-corrected chi connectivity index (χ2v) is 8.27. The van der Waals surface area contributed by atoms with Gasteiger partial charge in [0.25, 0.3) is 5.91 Å². The Morgan fingerprint density at radius 1 is 1.17 bits per heavy atom. The van der Waals surface area contributed by atoms with Crippen LogP contribution >= 0.6 is 0 Å². The quantitative estimate of drug-likeness (QED) is 0.739. The molecule has 4 amide bonds. The highest BCUT2D eigenvalue weighted by atomic mass is 19.1. The molecule has 1 aromatic rings. The second-order valence-electron chi connectivity index (χ2n) is 8.27. The molecule has 158 valence electrons. The van der Waals surface area contributed by atoms with Gasteiger partial charge in [-0.15, -0.1) is 0 Å². The molecule has 3 atom stereocenters. The third-order valence-corrected chi connectivity index (χ3v) is 6.19. The lowest BCUT2D eigenvalue weighted by Gasteiger charge is -2.39.